The number of nitrogens with one attached hydrogen (secondary N) is 2. The summed E-state index contributed by atoms with van der Waals surface area (Å²) in [6.45, 7) is 5.84. The Morgan fingerprint density at radius 3 is 2.49 bits per heavy atom. The van der Waals surface area contributed by atoms with Crippen LogP contribution in [0.3, 0.4) is 0 Å². The third kappa shape index (κ3) is 5.93. The molecule has 0 spiro atoms. The van der Waals surface area contributed by atoms with E-state index >= 15 is 0 Å². The van der Waals surface area contributed by atoms with Gasteiger partial charge >= 0.3 is 6.18 Å². The summed E-state index contributed by atoms with van der Waals surface area (Å²) in [6.07, 6.45) is -0.304. The van der Waals surface area contributed by atoms with Crippen molar-refractivity contribution in [1.29, 1.82) is 0 Å². The summed E-state index contributed by atoms with van der Waals surface area (Å²) >= 11 is 0. The van der Waals surface area contributed by atoms with E-state index in [0.717, 1.165) is 54.9 Å². The van der Waals surface area contributed by atoms with Gasteiger partial charge in [-0.3, -0.25) is 0 Å². The number of piperidine rings is 1. The third-order valence-electron chi connectivity index (χ3n) is 7.21. The highest BCUT2D eigenvalue weighted by atomic mass is 19.4. The van der Waals surface area contributed by atoms with Crippen LogP contribution in [0.4, 0.5) is 19.1 Å². The normalized spacial score (nSPS) is 15.2. The molecule has 2 N–H and O–H groups in total. The lowest BCUT2D eigenvalue weighted by Gasteiger charge is -2.25. The van der Waals surface area contributed by atoms with Gasteiger partial charge in [0.1, 0.15) is 5.69 Å². The largest absolute Gasteiger partial charge is 0.416 e. The van der Waals surface area contributed by atoms with E-state index in [-0.39, 0.29) is 12.0 Å². The quantitative estimate of drug-likeness (QED) is 0.272. The molecule has 0 aliphatic carbocycles. The van der Waals surface area contributed by atoms with Crippen molar-refractivity contribution in [2.45, 2.75) is 51.2 Å². The van der Waals surface area contributed by atoms with Crippen LogP contribution < -0.4 is 10.6 Å². The predicted octanol–water partition coefficient (Wildman–Crippen LogP) is 6.82. The number of hydrogen-bond acceptors (Lipinski definition) is 6. The summed E-state index contributed by atoms with van der Waals surface area (Å²) in [6, 6.07) is 17.0. The molecular weight excluding hydrogens is 501 g/mol. The van der Waals surface area contributed by atoms with Crippen LogP contribution in [0.5, 0.6) is 0 Å². The maximum atomic E-state index is 13.6. The number of benzene rings is 2. The minimum absolute atomic E-state index is 0.0455. The van der Waals surface area contributed by atoms with Crippen molar-refractivity contribution in [3.63, 3.8) is 0 Å². The molecule has 1 saturated heterocycles. The highest BCUT2D eigenvalue weighted by Crippen LogP contribution is 2.39. The van der Waals surface area contributed by atoms with E-state index in [0.29, 0.717) is 34.9 Å². The third-order valence-corrected chi connectivity index (χ3v) is 7.21. The second-order valence-electron chi connectivity index (χ2n) is 9.79. The SMILES string of the molecule is CCc1c(C2CCNCC2)nnc(-c2cccc(C(F)(F)F)c2)c1-c1ccnc(NC(C)c2ccccc2)n1. The lowest BCUT2D eigenvalue weighted by atomic mass is 9.87. The molecule has 39 heavy (non-hydrogen) atoms. The first kappa shape index (κ1) is 26.7. The molecule has 2 aromatic heterocycles. The Morgan fingerprint density at radius 1 is 1.00 bits per heavy atom. The van der Waals surface area contributed by atoms with Crippen molar-refractivity contribution in [2.24, 2.45) is 0 Å². The van der Waals surface area contributed by atoms with Crippen molar-refractivity contribution in [2.75, 3.05) is 18.4 Å². The summed E-state index contributed by atoms with van der Waals surface area (Å²) in [5.74, 6) is 0.654. The van der Waals surface area contributed by atoms with E-state index in [9.17, 15) is 13.2 Å². The van der Waals surface area contributed by atoms with E-state index < -0.39 is 11.7 Å². The highest BCUT2D eigenvalue weighted by Gasteiger charge is 2.31. The zero-order valence-electron chi connectivity index (χ0n) is 22.0. The number of aromatic nitrogens is 4. The van der Waals surface area contributed by atoms with Gasteiger partial charge < -0.3 is 10.6 Å². The predicted molar refractivity (Wildman–Crippen MR) is 146 cm³/mol. The molecule has 6 nitrogen and oxygen atoms in total. The maximum Gasteiger partial charge on any atom is 0.416 e. The summed E-state index contributed by atoms with van der Waals surface area (Å²) in [5.41, 5.74) is 4.26. The van der Waals surface area contributed by atoms with Crippen LogP contribution >= 0.6 is 0 Å². The number of nitrogens with zero attached hydrogens (tertiary/aromatic N) is 4. The maximum absolute atomic E-state index is 13.6. The molecule has 0 amide bonds. The fourth-order valence-electron chi connectivity index (χ4n) is 5.17. The molecule has 4 aromatic rings. The Kier molecular flexibility index (Phi) is 7.88. The molecule has 0 saturated carbocycles. The van der Waals surface area contributed by atoms with Crippen LogP contribution in [0, 0.1) is 0 Å². The molecule has 3 heterocycles. The molecule has 0 radical (unpaired) electrons. The van der Waals surface area contributed by atoms with Gasteiger partial charge in [-0.25, -0.2) is 9.97 Å². The van der Waals surface area contributed by atoms with E-state index in [1.165, 1.54) is 6.07 Å². The summed E-state index contributed by atoms with van der Waals surface area (Å²) in [4.78, 5) is 9.27. The summed E-state index contributed by atoms with van der Waals surface area (Å²) in [7, 11) is 0. The van der Waals surface area contributed by atoms with Gasteiger partial charge in [-0.1, -0.05) is 49.4 Å². The zero-order chi connectivity index (χ0) is 27.4. The zero-order valence-corrected chi connectivity index (χ0v) is 22.0. The molecule has 9 heteroatoms. The van der Waals surface area contributed by atoms with Crippen LogP contribution in [0.1, 0.15) is 61.0 Å². The highest BCUT2D eigenvalue weighted by molar-refractivity contribution is 5.82. The average molecular weight is 533 g/mol. The number of rotatable bonds is 7. The molecule has 1 aliphatic heterocycles. The van der Waals surface area contributed by atoms with Gasteiger partial charge in [-0.2, -0.15) is 18.3 Å². The summed E-state index contributed by atoms with van der Waals surface area (Å²) < 4.78 is 40.8. The lowest BCUT2D eigenvalue weighted by molar-refractivity contribution is -0.137. The Hall–Kier alpha value is -3.85. The van der Waals surface area contributed by atoms with Crippen molar-refractivity contribution in [3.8, 4) is 22.5 Å². The average Bonchev–Trinajstić information content (AvgIpc) is 2.97. The van der Waals surface area contributed by atoms with Gasteiger partial charge in [0.25, 0.3) is 0 Å². The Balaban J connectivity index is 1.64. The fourth-order valence-corrected chi connectivity index (χ4v) is 5.17. The van der Waals surface area contributed by atoms with E-state index in [1.54, 1.807) is 18.3 Å². The first-order valence-electron chi connectivity index (χ1n) is 13.3. The van der Waals surface area contributed by atoms with Gasteiger partial charge in [-0.15, -0.1) is 5.10 Å². The molecule has 1 aliphatic rings. The number of anilines is 1. The van der Waals surface area contributed by atoms with Crippen molar-refractivity contribution < 1.29 is 13.2 Å². The number of hydrogen-bond donors (Lipinski definition) is 2. The van der Waals surface area contributed by atoms with Crippen LogP contribution in [0.2, 0.25) is 0 Å². The Morgan fingerprint density at radius 2 is 1.77 bits per heavy atom. The van der Waals surface area contributed by atoms with E-state index in [4.69, 9.17) is 4.98 Å². The van der Waals surface area contributed by atoms with Gasteiger partial charge in [0.2, 0.25) is 5.95 Å². The molecule has 1 unspecified atom stereocenters. The molecule has 202 valence electrons. The second kappa shape index (κ2) is 11.5. The van der Waals surface area contributed by atoms with Gasteiger partial charge in [-0.05, 0) is 68.6 Å². The Labute approximate surface area is 226 Å². The number of alkyl halides is 3. The molecule has 2 aromatic carbocycles. The van der Waals surface area contributed by atoms with E-state index in [1.807, 2.05) is 44.2 Å². The first-order chi connectivity index (χ1) is 18.8. The standard InChI is InChI=1S/C30H31F3N6/c1-3-24-26(25-14-17-35-29(37-25)36-19(2)20-8-5-4-6-9-20)28(22-10-7-11-23(18-22)30(31,32)33)39-38-27(24)21-12-15-34-16-13-21/h4-11,14,17-19,21,34H,3,12-13,15-16H2,1-2H3,(H,35,36,37). The lowest BCUT2D eigenvalue weighted by Crippen LogP contribution is -2.28. The van der Waals surface area contributed by atoms with Crippen LogP contribution in [0.15, 0.2) is 66.9 Å². The molecular formula is C30H31F3N6. The molecule has 0 bridgehead atoms. The van der Waals surface area contributed by atoms with Crippen molar-refractivity contribution in [3.05, 3.63) is 89.2 Å². The van der Waals surface area contributed by atoms with Gasteiger partial charge in [0, 0.05) is 23.2 Å². The van der Waals surface area contributed by atoms with Crippen molar-refractivity contribution in [1.82, 2.24) is 25.5 Å². The van der Waals surface area contributed by atoms with Gasteiger partial charge in [0.05, 0.1) is 23.0 Å². The fraction of sp³-hybridized carbons (Fsp3) is 0.333. The summed E-state index contributed by atoms with van der Waals surface area (Å²) in [5, 5.41) is 15.9. The van der Waals surface area contributed by atoms with E-state index in [2.05, 4.69) is 25.8 Å². The molecule has 1 fully saturated rings. The van der Waals surface area contributed by atoms with Crippen LogP contribution in [-0.4, -0.2) is 33.3 Å². The van der Waals surface area contributed by atoms with Gasteiger partial charge in [0.15, 0.2) is 0 Å². The Bertz CT molecular complexity index is 1420. The van der Waals surface area contributed by atoms with Crippen LogP contribution in [-0.2, 0) is 12.6 Å². The minimum atomic E-state index is -4.47. The van der Waals surface area contributed by atoms with Crippen molar-refractivity contribution >= 4 is 5.95 Å². The van der Waals surface area contributed by atoms with Crippen LogP contribution in [0.25, 0.3) is 22.5 Å². The molecule has 5 rings (SSSR count). The minimum Gasteiger partial charge on any atom is -0.348 e. The second-order valence-corrected chi connectivity index (χ2v) is 9.79. The molecule has 1 atom stereocenters. The monoisotopic (exact) mass is 532 g/mol. The number of halogens is 3. The topological polar surface area (TPSA) is 75.6 Å². The first-order valence-corrected chi connectivity index (χ1v) is 13.3. The smallest absolute Gasteiger partial charge is 0.348 e.